The Bertz CT molecular complexity index is 480. The van der Waals surface area contributed by atoms with Crippen molar-refractivity contribution in [2.75, 3.05) is 7.11 Å². The summed E-state index contributed by atoms with van der Waals surface area (Å²) in [6, 6.07) is 12.5. The Labute approximate surface area is 101 Å². The summed E-state index contributed by atoms with van der Waals surface area (Å²) in [7, 11) is 1.31. The maximum atomic E-state index is 8.95. The first-order valence-electron chi connectivity index (χ1n) is 5.51. The molecule has 0 fully saturated rings. The van der Waals surface area contributed by atoms with Gasteiger partial charge in [-0.2, -0.15) is 0 Å². The number of nitrogens with zero attached hydrogens (tertiary/aromatic N) is 1. The van der Waals surface area contributed by atoms with E-state index in [0.717, 1.165) is 5.52 Å². The van der Waals surface area contributed by atoms with Crippen LogP contribution in [0.15, 0.2) is 36.4 Å². The molecule has 0 radical (unpaired) electrons. The topological polar surface area (TPSA) is 39.2 Å². The quantitative estimate of drug-likeness (QED) is 0.745. The largest absolute Gasteiger partial charge is 0.471 e. The van der Waals surface area contributed by atoms with Crippen molar-refractivity contribution in [3.8, 4) is 0 Å². The molecule has 0 aliphatic carbocycles. The van der Waals surface area contributed by atoms with Crippen LogP contribution in [-0.4, -0.2) is 18.6 Å². The van der Waals surface area contributed by atoms with Crippen LogP contribution in [0.25, 0.3) is 10.9 Å². The van der Waals surface area contributed by atoms with Gasteiger partial charge in [-0.15, -0.1) is 0 Å². The van der Waals surface area contributed by atoms with Crippen LogP contribution in [-0.2, 0) is 9.53 Å². The number of para-hydroxylation sites is 1. The van der Waals surface area contributed by atoms with Gasteiger partial charge in [0.25, 0.3) is 6.47 Å². The second-order valence-corrected chi connectivity index (χ2v) is 3.92. The van der Waals surface area contributed by atoms with E-state index < -0.39 is 0 Å². The minimum absolute atomic E-state index is 0.375. The van der Waals surface area contributed by atoms with Crippen LogP contribution in [0.5, 0.6) is 0 Å². The Hall–Kier alpha value is -1.90. The predicted octanol–water partition coefficient (Wildman–Crippen LogP) is 3.15. The van der Waals surface area contributed by atoms with E-state index in [4.69, 9.17) is 4.79 Å². The van der Waals surface area contributed by atoms with Gasteiger partial charge in [0.15, 0.2) is 0 Å². The third-order valence-corrected chi connectivity index (χ3v) is 2.31. The fourth-order valence-corrected chi connectivity index (χ4v) is 1.40. The number of benzene rings is 1. The average Bonchev–Trinajstić information content (AvgIpc) is 2.38. The van der Waals surface area contributed by atoms with Crippen molar-refractivity contribution in [2.45, 2.75) is 19.8 Å². The molecule has 3 nitrogen and oxygen atoms in total. The molecule has 2 aromatic rings. The Morgan fingerprint density at radius 3 is 2.41 bits per heavy atom. The molecule has 3 heteroatoms. The number of pyridine rings is 1. The molecular weight excluding hydrogens is 214 g/mol. The first-order chi connectivity index (χ1) is 8.19. The van der Waals surface area contributed by atoms with Gasteiger partial charge in [-0.1, -0.05) is 38.1 Å². The maximum Gasteiger partial charge on any atom is 0.292 e. The molecule has 0 N–H and O–H groups in total. The van der Waals surface area contributed by atoms with Crippen molar-refractivity contribution in [1.29, 1.82) is 0 Å². The van der Waals surface area contributed by atoms with E-state index in [9.17, 15) is 0 Å². The van der Waals surface area contributed by atoms with Crippen molar-refractivity contribution in [3.63, 3.8) is 0 Å². The number of hydrogen-bond acceptors (Lipinski definition) is 3. The maximum absolute atomic E-state index is 8.95. The van der Waals surface area contributed by atoms with Gasteiger partial charge < -0.3 is 4.74 Å². The van der Waals surface area contributed by atoms with Crippen LogP contribution >= 0.6 is 0 Å². The number of carbonyl (C=O) groups is 1. The molecule has 0 saturated carbocycles. The smallest absolute Gasteiger partial charge is 0.292 e. The normalized spacial score (nSPS) is 9.65. The summed E-state index contributed by atoms with van der Waals surface area (Å²) in [6.07, 6.45) is 0. The Kier molecular flexibility index (Phi) is 5.14. The molecule has 0 unspecified atom stereocenters. The molecule has 0 aliphatic rings. The standard InChI is InChI=1S/C12H13N.C2H4O2/c1-9(2)11-8-7-10-5-3-4-6-12(10)13-11;1-4-2-3/h3-9H,1-2H3;2H,1H3. The summed E-state index contributed by atoms with van der Waals surface area (Å²) in [5.41, 5.74) is 2.26. The lowest BCUT2D eigenvalue weighted by atomic mass is 10.1. The highest BCUT2D eigenvalue weighted by molar-refractivity contribution is 5.78. The average molecular weight is 231 g/mol. The van der Waals surface area contributed by atoms with Crippen molar-refractivity contribution in [1.82, 2.24) is 4.98 Å². The Balaban J connectivity index is 0.000000317. The lowest BCUT2D eigenvalue weighted by molar-refractivity contribution is -0.126. The van der Waals surface area contributed by atoms with Gasteiger partial charge in [0, 0.05) is 11.1 Å². The number of carbonyl (C=O) groups excluding carboxylic acids is 1. The highest BCUT2D eigenvalue weighted by Gasteiger charge is 2.00. The van der Waals surface area contributed by atoms with Crippen LogP contribution in [0.3, 0.4) is 0 Å². The van der Waals surface area contributed by atoms with Gasteiger partial charge >= 0.3 is 0 Å². The summed E-state index contributed by atoms with van der Waals surface area (Å²) in [6.45, 7) is 4.70. The van der Waals surface area contributed by atoms with Crippen LogP contribution < -0.4 is 0 Å². The first kappa shape index (κ1) is 13.2. The SMILES string of the molecule is CC(C)c1ccc2ccccc2n1.COC=O. The molecule has 1 aromatic carbocycles. The molecule has 0 amide bonds. The summed E-state index contributed by atoms with van der Waals surface area (Å²) in [5, 5.41) is 1.21. The number of rotatable bonds is 2. The number of hydrogen-bond donors (Lipinski definition) is 0. The van der Waals surface area contributed by atoms with Crippen LogP contribution in [0.1, 0.15) is 25.5 Å². The third-order valence-electron chi connectivity index (χ3n) is 2.31. The summed E-state index contributed by atoms with van der Waals surface area (Å²) in [4.78, 5) is 13.5. The second kappa shape index (κ2) is 6.63. The molecule has 0 saturated heterocycles. The lowest BCUT2D eigenvalue weighted by Crippen LogP contribution is -1.91. The van der Waals surface area contributed by atoms with E-state index >= 15 is 0 Å². The zero-order valence-electron chi connectivity index (χ0n) is 10.4. The van der Waals surface area contributed by atoms with Crippen molar-refractivity contribution in [2.24, 2.45) is 0 Å². The molecule has 1 heterocycles. The molecule has 1 aromatic heterocycles. The molecule has 0 spiro atoms. The number of aromatic nitrogens is 1. The van der Waals surface area contributed by atoms with E-state index in [1.165, 1.54) is 18.2 Å². The fraction of sp³-hybridized carbons (Fsp3) is 0.286. The van der Waals surface area contributed by atoms with Gasteiger partial charge in [-0.05, 0) is 18.1 Å². The fourth-order valence-electron chi connectivity index (χ4n) is 1.40. The van der Waals surface area contributed by atoms with E-state index in [1.807, 2.05) is 12.1 Å². The highest BCUT2D eigenvalue weighted by atomic mass is 16.5. The Morgan fingerprint density at radius 2 is 1.82 bits per heavy atom. The van der Waals surface area contributed by atoms with Gasteiger partial charge in [0.2, 0.25) is 0 Å². The summed E-state index contributed by atoms with van der Waals surface area (Å²) >= 11 is 0. The van der Waals surface area contributed by atoms with Crippen LogP contribution in [0.4, 0.5) is 0 Å². The lowest BCUT2D eigenvalue weighted by Gasteiger charge is -2.04. The number of ether oxygens (including phenoxy) is 1. The molecule has 2 rings (SSSR count). The van der Waals surface area contributed by atoms with Crippen LogP contribution in [0, 0.1) is 0 Å². The zero-order chi connectivity index (χ0) is 12.7. The van der Waals surface area contributed by atoms with Crippen molar-refractivity contribution < 1.29 is 9.53 Å². The predicted molar refractivity (Wildman–Crippen MR) is 68.9 cm³/mol. The molecule has 0 atom stereocenters. The Morgan fingerprint density at radius 1 is 1.18 bits per heavy atom. The minimum Gasteiger partial charge on any atom is -0.471 e. The molecule has 0 bridgehead atoms. The first-order valence-corrected chi connectivity index (χ1v) is 5.51. The van der Waals surface area contributed by atoms with E-state index in [0.29, 0.717) is 12.4 Å². The highest BCUT2D eigenvalue weighted by Crippen LogP contribution is 2.16. The zero-order valence-corrected chi connectivity index (χ0v) is 10.4. The van der Waals surface area contributed by atoms with E-state index in [2.05, 4.69) is 47.8 Å². The van der Waals surface area contributed by atoms with Crippen molar-refractivity contribution in [3.05, 3.63) is 42.1 Å². The van der Waals surface area contributed by atoms with Crippen LogP contribution in [0.2, 0.25) is 0 Å². The molecule has 0 aliphatic heterocycles. The van der Waals surface area contributed by atoms with Gasteiger partial charge in [0.1, 0.15) is 0 Å². The molecule has 90 valence electrons. The van der Waals surface area contributed by atoms with E-state index in [-0.39, 0.29) is 0 Å². The van der Waals surface area contributed by atoms with Crippen molar-refractivity contribution >= 4 is 17.4 Å². The second-order valence-electron chi connectivity index (χ2n) is 3.92. The minimum atomic E-state index is 0.375. The van der Waals surface area contributed by atoms with Gasteiger partial charge in [-0.3, -0.25) is 9.78 Å². The van der Waals surface area contributed by atoms with Gasteiger partial charge in [0.05, 0.1) is 12.6 Å². The monoisotopic (exact) mass is 231 g/mol. The molecular formula is C14H17NO2. The third kappa shape index (κ3) is 3.87. The number of methoxy groups -OCH3 is 1. The molecule has 17 heavy (non-hydrogen) atoms. The summed E-state index contributed by atoms with van der Waals surface area (Å²) < 4.78 is 3.86. The van der Waals surface area contributed by atoms with E-state index in [1.54, 1.807) is 0 Å². The summed E-state index contributed by atoms with van der Waals surface area (Å²) in [5.74, 6) is 0.504. The number of fused-ring (bicyclic) bond motifs is 1. The van der Waals surface area contributed by atoms with Gasteiger partial charge in [-0.25, -0.2) is 0 Å².